The van der Waals surface area contributed by atoms with Crippen LogP contribution in [0, 0.1) is 88.1 Å². The van der Waals surface area contributed by atoms with E-state index in [0.29, 0.717) is 0 Å². The largest absolute Gasteiger partial charge is 3.00 e. The summed E-state index contributed by atoms with van der Waals surface area (Å²) in [7, 11) is 0. The number of carbonyl (C=O) groups is 6. The first-order valence-electron chi connectivity index (χ1n) is 3.20. The summed E-state index contributed by atoms with van der Waals surface area (Å²) in [5.74, 6) is -13.1. The summed E-state index contributed by atoms with van der Waals surface area (Å²) < 4.78 is 0. The number of carboxylic acid groups (broad SMARTS) is 6. The molecule has 0 amide bonds. The second-order valence-corrected chi connectivity index (χ2v) is 1.72. The Balaban J connectivity index is -0.0000000536. The molecule has 0 aliphatic rings. The molecular formula is C6Ac2O12. The minimum atomic E-state index is -2.19. The standard InChI is InChI=1S/3C2H2O4.2Ac/c3*3-1(4)2(5)6;;/h3*(H,3,4)(H,5,6);;/q;;;2*+3/p-6. The number of carbonyl (C=O) groups excluding carboxylic acids is 6. The van der Waals surface area contributed by atoms with Gasteiger partial charge in [0.15, 0.2) is 0 Å². The maximum absolute atomic E-state index is 8.93. The van der Waals surface area contributed by atoms with E-state index in [1.54, 1.807) is 0 Å². The smallest absolute Gasteiger partial charge is 0.543 e. The van der Waals surface area contributed by atoms with E-state index in [1.807, 2.05) is 0 Å². The van der Waals surface area contributed by atoms with Crippen LogP contribution in [0.5, 0.6) is 0 Å². The van der Waals surface area contributed by atoms with Gasteiger partial charge in [0, 0.05) is 0 Å². The summed E-state index contributed by atoms with van der Waals surface area (Å²) in [5.41, 5.74) is 0. The molecule has 0 fully saturated rings. The van der Waals surface area contributed by atoms with Gasteiger partial charge in [0.05, 0.1) is 35.8 Å². The Bertz CT molecular complexity index is 281. The van der Waals surface area contributed by atoms with Gasteiger partial charge in [-0.3, -0.25) is 0 Å². The fraction of sp³-hybridized carbons (Fsp3) is 0. The monoisotopic (exact) mass is 718 g/mol. The van der Waals surface area contributed by atoms with Crippen molar-refractivity contribution >= 4 is 35.8 Å². The van der Waals surface area contributed by atoms with Crippen LogP contribution in [0.3, 0.4) is 0 Å². The molecule has 0 aliphatic heterocycles. The molecule has 14 heteroatoms. The number of aliphatic carboxylic acids is 6. The average Bonchev–Trinajstić information content (AvgIpc) is 2.18. The molecule has 0 N–H and O–H groups in total. The fourth-order valence-electron chi connectivity index (χ4n) is 0. The van der Waals surface area contributed by atoms with Crippen LogP contribution in [0.25, 0.3) is 0 Å². The number of carboxylic acids is 6. The van der Waals surface area contributed by atoms with E-state index < -0.39 is 35.8 Å². The van der Waals surface area contributed by atoms with Crippen molar-refractivity contribution in [3.63, 3.8) is 0 Å². The van der Waals surface area contributed by atoms with Gasteiger partial charge in [-0.15, -0.1) is 0 Å². The first kappa shape index (κ1) is 31.9. The van der Waals surface area contributed by atoms with Gasteiger partial charge in [-0.05, 0) is 0 Å². The van der Waals surface area contributed by atoms with Gasteiger partial charge in [-0.25, -0.2) is 0 Å². The minimum absolute atomic E-state index is 0. The van der Waals surface area contributed by atoms with Crippen molar-refractivity contribution in [2.24, 2.45) is 0 Å². The van der Waals surface area contributed by atoms with Crippen molar-refractivity contribution in [3.05, 3.63) is 0 Å². The van der Waals surface area contributed by atoms with Crippen LogP contribution in [0.2, 0.25) is 0 Å². The molecule has 0 saturated heterocycles. The Morgan fingerprint density at radius 1 is 0.350 bits per heavy atom. The van der Waals surface area contributed by atoms with E-state index in [1.165, 1.54) is 0 Å². The molecule has 20 heavy (non-hydrogen) atoms. The van der Waals surface area contributed by atoms with Crippen molar-refractivity contribution in [1.29, 1.82) is 0 Å². The molecule has 0 aromatic rings. The average molecular weight is 718 g/mol. The zero-order valence-electron chi connectivity index (χ0n) is 9.05. The number of rotatable bonds is 0. The molecular weight excluding hydrogens is 718 g/mol. The van der Waals surface area contributed by atoms with E-state index in [4.69, 9.17) is 59.4 Å². The van der Waals surface area contributed by atoms with Crippen LogP contribution in [0.1, 0.15) is 0 Å². The number of hydrogen-bond acceptors (Lipinski definition) is 12. The van der Waals surface area contributed by atoms with Crippen molar-refractivity contribution in [3.8, 4) is 0 Å². The predicted molar refractivity (Wildman–Crippen MR) is 30.0 cm³/mol. The molecule has 0 aromatic heterocycles. The zero-order valence-corrected chi connectivity index (χ0v) is 18.5. The van der Waals surface area contributed by atoms with E-state index in [0.717, 1.165) is 0 Å². The SMILES string of the molecule is O=C([O-])C(=O)[O-].O=C([O-])C(=O)[O-].O=C([O-])C(=O)[O-].[Ac+3].[Ac+3]. The predicted octanol–water partition coefficient (Wildman–Crippen LogP) is -10.5. The van der Waals surface area contributed by atoms with Gasteiger partial charge in [-0.2, -0.15) is 0 Å². The second-order valence-electron chi connectivity index (χ2n) is 1.72. The molecule has 0 spiro atoms. The van der Waals surface area contributed by atoms with E-state index in [9.17, 15) is 0 Å². The Labute approximate surface area is 180 Å². The normalized spacial score (nSPS) is 6.60. The van der Waals surface area contributed by atoms with Crippen molar-refractivity contribution in [1.82, 2.24) is 0 Å². The Kier molecular flexibility index (Phi) is 29.8. The summed E-state index contributed by atoms with van der Waals surface area (Å²) in [5, 5.41) is 53.6. The first-order chi connectivity index (χ1) is 7.93. The molecule has 0 unspecified atom stereocenters. The number of hydrogen-bond donors (Lipinski definition) is 0. The summed E-state index contributed by atoms with van der Waals surface area (Å²) in [6, 6.07) is 0. The zero-order chi connectivity index (χ0) is 15.5. The second kappa shape index (κ2) is 18.7. The Hall–Kier alpha value is -0.297. The molecule has 0 saturated carbocycles. The Morgan fingerprint density at radius 3 is 0.400 bits per heavy atom. The molecule has 0 bridgehead atoms. The van der Waals surface area contributed by atoms with E-state index in [-0.39, 0.29) is 88.1 Å². The van der Waals surface area contributed by atoms with Gasteiger partial charge in [-0.1, -0.05) is 0 Å². The molecule has 0 radical (unpaired) electrons. The molecule has 0 rings (SSSR count). The third kappa shape index (κ3) is 36.1. The Morgan fingerprint density at radius 2 is 0.400 bits per heavy atom. The third-order valence-electron chi connectivity index (χ3n) is 0.500. The maximum Gasteiger partial charge on any atom is 3.00 e. The fourth-order valence-corrected chi connectivity index (χ4v) is 0. The topological polar surface area (TPSA) is 241 Å². The molecule has 12 nitrogen and oxygen atoms in total. The summed E-state index contributed by atoms with van der Waals surface area (Å²) in [6.45, 7) is 0. The van der Waals surface area contributed by atoms with Crippen LogP contribution in [0.15, 0.2) is 0 Å². The minimum Gasteiger partial charge on any atom is -0.543 e. The summed E-state index contributed by atoms with van der Waals surface area (Å²) >= 11 is 0. The quantitative estimate of drug-likeness (QED) is 0.212. The molecule has 0 aromatic carbocycles. The molecule has 0 atom stereocenters. The molecule has 102 valence electrons. The van der Waals surface area contributed by atoms with Crippen LogP contribution >= 0.6 is 0 Å². The van der Waals surface area contributed by atoms with Crippen molar-refractivity contribution in [2.75, 3.05) is 0 Å². The van der Waals surface area contributed by atoms with Crippen LogP contribution in [-0.2, 0) is 28.8 Å². The molecule has 0 aliphatic carbocycles. The van der Waals surface area contributed by atoms with E-state index >= 15 is 0 Å². The first-order valence-corrected chi connectivity index (χ1v) is 3.20. The van der Waals surface area contributed by atoms with Crippen LogP contribution in [-0.4, -0.2) is 35.8 Å². The van der Waals surface area contributed by atoms with Crippen LogP contribution in [0.4, 0.5) is 0 Å². The molecule has 0 heterocycles. The maximum atomic E-state index is 8.93. The van der Waals surface area contributed by atoms with Gasteiger partial charge < -0.3 is 59.4 Å². The van der Waals surface area contributed by atoms with Crippen molar-refractivity contribution < 1.29 is 148 Å². The summed E-state index contributed by atoms with van der Waals surface area (Å²) in [6.07, 6.45) is 0. The van der Waals surface area contributed by atoms with Crippen LogP contribution < -0.4 is 30.6 Å². The van der Waals surface area contributed by atoms with Gasteiger partial charge >= 0.3 is 88.1 Å². The van der Waals surface area contributed by atoms with E-state index in [2.05, 4.69) is 0 Å². The summed E-state index contributed by atoms with van der Waals surface area (Å²) in [4.78, 5) is 53.6. The van der Waals surface area contributed by atoms with Gasteiger partial charge in [0.25, 0.3) is 0 Å². The third-order valence-corrected chi connectivity index (χ3v) is 0.500. The van der Waals surface area contributed by atoms with Crippen molar-refractivity contribution in [2.45, 2.75) is 0 Å². The van der Waals surface area contributed by atoms with Gasteiger partial charge in [0.1, 0.15) is 0 Å². The van der Waals surface area contributed by atoms with Gasteiger partial charge in [0.2, 0.25) is 0 Å².